The molecule has 10 nitrogen and oxygen atoms in total. The lowest BCUT2D eigenvalue weighted by Gasteiger charge is -2.17. The highest BCUT2D eigenvalue weighted by molar-refractivity contribution is 6.05. The van der Waals surface area contributed by atoms with Crippen LogP contribution in [0, 0.1) is 11.6 Å². The minimum atomic E-state index is -0.833. The Bertz CT molecular complexity index is 1500. The fourth-order valence-corrected chi connectivity index (χ4v) is 3.98. The number of aromatic nitrogens is 5. The summed E-state index contributed by atoms with van der Waals surface area (Å²) in [4.78, 5) is 34.6. The molecule has 0 atom stereocenters. The topological polar surface area (TPSA) is 149 Å². The minimum Gasteiger partial charge on any atom is -0.481 e. The monoisotopic (exact) mass is 495 g/mol. The highest BCUT2D eigenvalue weighted by Crippen LogP contribution is 2.39. The molecule has 3 aromatic heterocycles. The zero-order chi connectivity index (χ0) is 26.2. The Kier molecular flexibility index (Phi) is 6.46. The standard InChI is InChI=1S/C22H19F2N7O.C2H4O2/c1-22(2)16-15(8-25)27-19(28-18(16)29-21(22)32)17-13-7-12(23)9-26-20(13)31(30-17)10-11-5-3-4-6-14(11)24;1-2(3)4/h3-7,9H,8,10,25H2,1-2H3,(H,27,28,29,32);1H3,(H,3,4). The van der Waals surface area contributed by atoms with Crippen molar-refractivity contribution in [3.05, 3.63) is 65.0 Å². The predicted octanol–water partition coefficient (Wildman–Crippen LogP) is 2.99. The third-order valence-electron chi connectivity index (χ3n) is 5.65. The van der Waals surface area contributed by atoms with Gasteiger partial charge in [0.25, 0.3) is 5.97 Å². The number of nitrogens with one attached hydrogen (secondary N) is 1. The Hall–Kier alpha value is -4.32. The highest BCUT2D eigenvalue weighted by Gasteiger charge is 2.42. The van der Waals surface area contributed by atoms with Gasteiger partial charge in [0.1, 0.15) is 23.1 Å². The number of carbonyl (C=O) groups is 2. The zero-order valence-corrected chi connectivity index (χ0v) is 19.7. The molecule has 0 saturated carbocycles. The Morgan fingerprint density at radius 3 is 2.58 bits per heavy atom. The second-order valence-electron chi connectivity index (χ2n) is 8.64. The molecular formula is C24H23F2N7O3. The Balaban J connectivity index is 0.000000709. The average molecular weight is 495 g/mol. The van der Waals surface area contributed by atoms with Crippen LogP contribution in [0.25, 0.3) is 22.6 Å². The van der Waals surface area contributed by atoms with Crippen molar-refractivity contribution in [3.63, 3.8) is 0 Å². The van der Waals surface area contributed by atoms with E-state index in [1.165, 1.54) is 16.8 Å². The number of hydrogen-bond donors (Lipinski definition) is 3. The lowest BCUT2D eigenvalue weighted by Crippen LogP contribution is -2.28. The van der Waals surface area contributed by atoms with Gasteiger partial charge in [-0.1, -0.05) is 18.2 Å². The molecule has 0 fully saturated rings. The number of nitrogens with zero attached hydrogens (tertiary/aromatic N) is 5. The molecule has 0 radical (unpaired) electrons. The average Bonchev–Trinajstić information content (AvgIpc) is 3.27. The van der Waals surface area contributed by atoms with Gasteiger partial charge in [-0.05, 0) is 26.0 Å². The van der Waals surface area contributed by atoms with Crippen molar-refractivity contribution in [2.24, 2.45) is 5.73 Å². The molecule has 4 N–H and O–H groups in total. The number of carboxylic acids is 1. The lowest BCUT2D eigenvalue weighted by molar-refractivity contribution is -0.134. The number of hydrogen-bond acceptors (Lipinski definition) is 7. The van der Waals surface area contributed by atoms with Gasteiger partial charge in [0, 0.05) is 24.6 Å². The van der Waals surface area contributed by atoms with Gasteiger partial charge >= 0.3 is 0 Å². The number of benzene rings is 1. The van der Waals surface area contributed by atoms with Crippen LogP contribution in [0.1, 0.15) is 37.6 Å². The van der Waals surface area contributed by atoms with Gasteiger partial charge in [0.15, 0.2) is 11.5 Å². The summed E-state index contributed by atoms with van der Waals surface area (Å²) in [6, 6.07) is 7.60. The van der Waals surface area contributed by atoms with E-state index in [9.17, 15) is 13.6 Å². The number of aliphatic carboxylic acids is 1. The first kappa shape index (κ1) is 24.8. The van der Waals surface area contributed by atoms with Crippen molar-refractivity contribution in [2.45, 2.75) is 39.3 Å². The van der Waals surface area contributed by atoms with E-state index in [1.807, 2.05) is 0 Å². The molecule has 1 amide bonds. The van der Waals surface area contributed by atoms with Gasteiger partial charge < -0.3 is 16.2 Å². The lowest BCUT2D eigenvalue weighted by atomic mass is 9.85. The molecule has 1 aromatic carbocycles. The number of fused-ring (bicyclic) bond motifs is 2. The van der Waals surface area contributed by atoms with Gasteiger partial charge in [0.05, 0.1) is 29.2 Å². The van der Waals surface area contributed by atoms with Crippen LogP contribution in [0.3, 0.4) is 0 Å². The summed E-state index contributed by atoms with van der Waals surface area (Å²) in [5, 5.41) is 15.1. The van der Waals surface area contributed by atoms with Crippen LogP contribution in [0.4, 0.5) is 14.6 Å². The summed E-state index contributed by atoms with van der Waals surface area (Å²) in [7, 11) is 0. The molecule has 5 rings (SSSR count). The first-order valence-electron chi connectivity index (χ1n) is 10.9. The number of pyridine rings is 1. The Morgan fingerprint density at radius 2 is 1.92 bits per heavy atom. The number of carboxylic acid groups (broad SMARTS) is 1. The summed E-state index contributed by atoms with van der Waals surface area (Å²) in [5.74, 6) is -1.46. The fraction of sp³-hybridized carbons (Fsp3) is 0.250. The molecule has 0 spiro atoms. The summed E-state index contributed by atoms with van der Waals surface area (Å²) < 4.78 is 29.8. The van der Waals surface area contributed by atoms with Crippen molar-refractivity contribution in [3.8, 4) is 11.5 Å². The van der Waals surface area contributed by atoms with Crippen LogP contribution >= 0.6 is 0 Å². The van der Waals surface area contributed by atoms with Crippen molar-refractivity contribution < 1.29 is 23.5 Å². The molecule has 36 heavy (non-hydrogen) atoms. The maximum absolute atomic E-state index is 14.2. The quantitative estimate of drug-likeness (QED) is 0.391. The van der Waals surface area contributed by atoms with Crippen LogP contribution in [0.5, 0.6) is 0 Å². The number of rotatable bonds is 4. The van der Waals surface area contributed by atoms with Gasteiger partial charge in [-0.2, -0.15) is 5.10 Å². The van der Waals surface area contributed by atoms with Gasteiger partial charge in [-0.3, -0.25) is 9.59 Å². The van der Waals surface area contributed by atoms with E-state index >= 15 is 0 Å². The molecule has 4 heterocycles. The maximum atomic E-state index is 14.2. The number of nitrogens with two attached hydrogens (primary N) is 1. The Labute approximate surface area is 204 Å². The molecule has 0 bridgehead atoms. The molecular weight excluding hydrogens is 472 g/mol. The Morgan fingerprint density at radius 1 is 1.22 bits per heavy atom. The number of carbonyl (C=O) groups excluding carboxylic acids is 1. The van der Waals surface area contributed by atoms with E-state index in [2.05, 4.69) is 25.4 Å². The van der Waals surface area contributed by atoms with Crippen molar-refractivity contribution in [1.82, 2.24) is 24.7 Å². The van der Waals surface area contributed by atoms with Crippen LogP contribution in [0.2, 0.25) is 0 Å². The van der Waals surface area contributed by atoms with E-state index in [4.69, 9.17) is 15.6 Å². The third-order valence-corrected chi connectivity index (χ3v) is 5.65. The van der Waals surface area contributed by atoms with Gasteiger partial charge in [-0.15, -0.1) is 0 Å². The largest absolute Gasteiger partial charge is 0.481 e. The molecule has 1 aliphatic rings. The summed E-state index contributed by atoms with van der Waals surface area (Å²) in [6.07, 6.45) is 1.07. The van der Waals surface area contributed by atoms with E-state index < -0.39 is 17.2 Å². The first-order chi connectivity index (χ1) is 17.0. The van der Waals surface area contributed by atoms with Crippen LogP contribution in [-0.4, -0.2) is 41.7 Å². The first-order valence-corrected chi connectivity index (χ1v) is 10.9. The number of halogens is 2. The summed E-state index contributed by atoms with van der Waals surface area (Å²) in [5.41, 5.74) is 7.25. The van der Waals surface area contributed by atoms with E-state index in [0.29, 0.717) is 33.7 Å². The van der Waals surface area contributed by atoms with Gasteiger partial charge in [-0.25, -0.2) is 28.4 Å². The zero-order valence-electron chi connectivity index (χ0n) is 19.7. The molecule has 4 aromatic rings. The molecule has 0 unspecified atom stereocenters. The molecule has 0 aliphatic carbocycles. The second-order valence-corrected chi connectivity index (χ2v) is 8.64. The van der Waals surface area contributed by atoms with Crippen LogP contribution in [0.15, 0.2) is 36.5 Å². The molecule has 12 heteroatoms. The SMILES string of the molecule is CC(=O)O.CC1(C)C(=O)Nc2nc(-c3nn(Cc4ccccc4F)c4ncc(F)cc34)nc(CN)c21. The molecule has 186 valence electrons. The molecule has 0 saturated heterocycles. The normalized spacial score (nSPS) is 13.7. The highest BCUT2D eigenvalue weighted by atomic mass is 19.1. The smallest absolute Gasteiger partial charge is 0.300 e. The number of amides is 1. The fourth-order valence-electron chi connectivity index (χ4n) is 3.98. The van der Waals surface area contributed by atoms with E-state index in [-0.39, 0.29) is 36.3 Å². The predicted molar refractivity (Wildman–Crippen MR) is 127 cm³/mol. The summed E-state index contributed by atoms with van der Waals surface area (Å²) in [6.45, 7) is 4.79. The van der Waals surface area contributed by atoms with Crippen molar-refractivity contribution >= 4 is 28.7 Å². The minimum absolute atomic E-state index is 0.0801. The second kappa shape index (κ2) is 9.38. The van der Waals surface area contributed by atoms with Crippen molar-refractivity contribution in [2.75, 3.05) is 5.32 Å². The van der Waals surface area contributed by atoms with Crippen LogP contribution < -0.4 is 11.1 Å². The van der Waals surface area contributed by atoms with E-state index in [0.717, 1.165) is 13.1 Å². The molecule has 1 aliphatic heterocycles. The summed E-state index contributed by atoms with van der Waals surface area (Å²) >= 11 is 0. The number of anilines is 1. The van der Waals surface area contributed by atoms with E-state index in [1.54, 1.807) is 32.0 Å². The van der Waals surface area contributed by atoms with Gasteiger partial charge in [0.2, 0.25) is 5.91 Å². The van der Waals surface area contributed by atoms with Crippen LogP contribution in [-0.2, 0) is 28.1 Å². The maximum Gasteiger partial charge on any atom is 0.300 e. The third kappa shape index (κ3) is 4.50. The van der Waals surface area contributed by atoms with Crippen molar-refractivity contribution in [1.29, 1.82) is 0 Å².